The van der Waals surface area contributed by atoms with Crippen molar-refractivity contribution in [2.75, 3.05) is 0 Å². The predicted molar refractivity (Wildman–Crippen MR) is 62.5 cm³/mol. The van der Waals surface area contributed by atoms with Gasteiger partial charge in [-0.25, -0.2) is 4.39 Å². The van der Waals surface area contributed by atoms with Gasteiger partial charge < -0.3 is 5.73 Å². The lowest BCUT2D eigenvalue weighted by Crippen LogP contribution is -1.97. The Morgan fingerprint density at radius 1 is 1.25 bits per heavy atom. The number of pyridine rings is 1. The molecule has 0 saturated carbocycles. The largest absolute Gasteiger partial charge is 0.326 e. The van der Waals surface area contributed by atoms with Gasteiger partial charge in [0.2, 0.25) is 0 Å². The Morgan fingerprint density at radius 2 is 2.06 bits per heavy atom. The Kier molecular flexibility index (Phi) is 3.17. The number of benzene rings is 1. The molecule has 2 aromatic rings. The zero-order valence-electron chi connectivity index (χ0n) is 8.45. The maximum Gasteiger partial charge on any atom is 0.123 e. The third-order valence-electron chi connectivity index (χ3n) is 2.27. The minimum absolute atomic E-state index is 0.322. The summed E-state index contributed by atoms with van der Waals surface area (Å²) in [5.41, 5.74) is 7.80. The molecule has 0 aliphatic rings. The van der Waals surface area contributed by atoms with Crippen LogP contribution in [-0.4, -0.2) is 4.98 Å². The quantitative estimate of drug-likeness (QED) is 0.871. The molecule has 0 unspecified atom stereocenters. The molecule has 0 saturated heterocycles. The first-order valence-corrected chi connectivity index (χ1v) is 5.18. The van der Waals surface area contributed by atoms with Crippen LogP contribution in [-0.2, 0) is 6.54 Å². The van der Waals surface area contributed by atoms with Crippen molar-refractivity contribution in [2.45, 2.75) is 6.54 Å². The third-order valence-corrected chi connectivity index (χ3v) is 2.60. The number of rotatable bonds is 2. The fourth-order valence-corrected chi connectivity index (χ4v) is 1.69. The summed E-state index contributed by atoms with van der Waals surface area (Å²) < 4.78 is 13.1. The molecule has 1 heterocycles. The second kappa shape index (κ2) is 4.60. The van der Waals surface area contributed by atoms with E-state index in [0.717, 1.165) is 11.1 Å². The van der Waals surface area contributed by atoms with Gasteiger partial charge in [-0.1, -0.05) is 11.6 Å². The third kappa shape index (κ3) is 2.21. The average Bonchev–Trinajstić information content (AvgIpc) is 2.32. The van der Waals surface area contributed by atoms with Crippen molar-refractivity contribution in [1.82, 2.24) is 4.98 Å². The van der Waals surface area contributed by atoms with Crippen molar-refractivity contribution in [1.29, 1.82) is 0 Å². The van der Waals surface area contributed by atoms with Crippen LogP contribution in [0.25, 0.3) is 11.1 Å². The molecule has 1 aromatic heterocycles. The summed E-state index contributed by atoms with van der Waals surface area (Å²) in [5.74, 6) is -0.322. The van der Waals surface area contributed by atoms with Gasteiger partial charge in [-0.3, -0.25) is 4.98 Å². The lowest BCUT2D eigenvalue weighted by atomic mass is 10.1. The Morgan fingerprint density at radius 3 is 2.81 bits per heavy atom. The highest BCUT2D eigenvalue weighted by molar-refractivity contribution is 6.33. The molecule has 0 spiro atoms. The Balaban J connectivity index is 2.53. The summed E-state index contributed by atoms with van der Waals surface area (Å²) in [6.45, 7) is 0.397. The summed E-state index contributed by atoms with van der Waals surface area (Å²) in [5, 5.41) is 0.498. The number of nitrogens with zero attached hydrogens (tertiary/aromatic N) is 1. The van der Waals surface area contributed by atoms with E-state index in [1.165, 1.54) is 18.2 Å². The van der Waals surface area contributed by atoms with Crippen LogP contribution >= 0.6 is 11.6 Å². The number of halogens is 2. The highest BCUT2D eigenvalue weighted by Crippen LogP contribution is 2.28. The summed E-state index contributed by atoms with van der Waals surface area (Å²) in [6.07, 6.45) is 3.32. The van der Waals surface area contributed by atoms with Crippen LogP contribution < -0.4 is 5.73 Å². The fraction of sp³-hybridized carbons (Fsp3) is 0.0833. The van der Waals surface area contributed by atoms with E-state index in [0.29, 0.717) is 17.1 Å². The molecule has 2 rings (SSSR count). The normalized spacial score (nSPS) is 10.4. The van der Waals surface area contributed by atoms with Crippen LogP contribution in [0.2, 0.25) is 5.02 Å². The molecule has 1 aromatic carbocycles. The van der Waals surface area contributed by atoms with Gasteiger partial charge in [0.1, 0.15) is 5.82 Å². The van der Waals surface area contributed by atoms with Gasteiger partial charge in [-0.2, -0.15) is 0 Å². The maximum atomic E-state index is 13.1. The zero-order valence-corrected chi connectivity index (χ0v) is 9.21. The predicted octanol–water partition coefficient (Wildman–Crippen LogP) is 3.00. The highest BCUT2D eigenvalue weighted by Gasteiger charge is 2.06. The first-order valence-electron chi connectivity index (χ1n) is 4.80. The van der Waals surface area contributed by atoms with Gasteiger partial charge in [0.15, 0.2) is 0 Å². The van der Waals surface area contributed by atoms with E-state index >= 15 is 0 Å². The molecule has 0 atom stereocenters. The molecule has 82 valence electrons. The molecule has 0 bridgehead atoms. The molecule has 0 fully saturated rings. The monoisotopic (exact) mass is 236 g/mol. The molecule has 16 heavy (non-hydrogen) atoms. The summed E-state index contributed by atoms with van der Waals surface area (Å²) >= 11 is 6.00. The van der Waals surface area contributed by atoms with Crippen LogP contribution in [0.1, 0.15) is 5.56 Å². The molecular formula is C12H10ClFN2. The number of aromatic nitrogens is 1. The molecular weight excluding hydrogens is 227 g/mol. The number of hydrogen-bond donors (Lipinski definition) is 1. The fourth-order valence-electron chi connectivity index (χ4n) is 1.47. The Labute approximate surface area is 97.9 Å². The van der Waals surface area contributed by atoms with E-state index in [-0.39, 0.29) is 5.82 Å². The van der Waals surface area contributed by atoms with Crippen LogP contribution in [0.3, 0.4) is 0 Å². The summed E-state index contributed by atoms with van der Waals surface area (Å²) in [4.78, 5) is 4.04. The second-order valence-corrected chi connectivity index (χ2v) is 3.82. The van der Waals surface area contributed by atoms with Crippen LogP contribution in [0, 0.1) is 5.82 Å². The van der Waals surface area contributed by atoms with Crippen LogP contribution in [0.5, 0.6) is 0 Å². The molecule has 0 radical (unpaired) electrons. The SMILES string of the molecule is NCc1cncc(-c2cc(F)ccc2Cl)c1. The van der Waals surface area contributed by atoms with Gasteiger partial charge in [0.05, 0.1) is 0 Å². The van der Waals surface area contributed by atoms with Crippen molar-refractivity contribution in [3.8, 4) is 11.1 Å². The summed E-state index contributed by atoms with van der Waals surface area (Å²) in [6, 6.07) is 6.10. The number of hydrogen-bond acceptors (Lipinski definition) is 2. The smallest absolute Gasteiger partial charge is 0.123 e. The summed E-state index contributed by atoms with van der Waals surface area (Å²) in [7, 11) is 0. The van der Waals surface area contributed by atoms with Gasteiger partial charge in [-0.05, 0) is 29.8 Å². The minimum atomic E-state index is -0.322. The maximum absolute atomic E-state index is 13.1. The van der Waals surface area contributed by atoms with E-state index in [4.69, 9.17) is 17.3 Å². The van der Waals surface area contributed by atoms with E-state index in [1.54, 1.807) is 12.4 Å². The van der Waals surface area contributed by atoms with Crippen molar-refractivity contribution in [3.63, 3.8) is 0 Å². The zero-order chi connectivity index (χ0) is 11.5. The van der Waals surface area contributed by atoms with E-state index < -0.39 is 0 Å². The van der Waals surface area contributed by atoms with E-state index in [9.17, 15) is 4.39 Å². The van der Waals surface area contributed by atoms with Gasteiger partial charge in [0, 0.05) is 35.1 Å². The Hall–Kier alpha value is -1.45. The van der Waals surface area contributed by atoms with Crippen molar-refractivity contribution in [2.24, 2.45) is 5.73 Å². The first-order chi connectivity index (χ1) is 7.70. The topological polar surface area (TPSA) is 38.9 Å². The molecule has 4 heteroatoms. The van der Waals surface area contributed by atoms with E-state index in [2.05, 4.69) is 4.98 Å². The van der Waals surface area contributed by atoms with Gasteiger partial charge >= 0.3 is 0 Å². The lowest BCUT2D eigenvalue weighted by molar-refractivity contribution is 0.628. The van der Waals surface area contributed by atoms with Gasteiger partial charge in [-0.15, -0.1) is 0 Å². The van der Waals surface area contributed by atoms with E-state index in [1.807, 2.05) is 6.07 Å². The van der Waals surface area contributed by atoms with Crippen molar-refractivity contribution >= 4 is 11.6 Å². The molecule has 0 aliphatic heterocycles. The second-order valence-electron chi connectivity index (χ2n) is 3.41. The standard InChI is InChI=1S/C12H10ClFN2/c13-12-2-1-10(14)4-11(12)9-3-8(5-15)6-16-7-9/h1-4,6-7H,5,15H2. The minimum Gasteiger partial charge on any atom is -0.326 e. The molecule has 2 N–H and O–H groups in total. The molecule has 0 amide bonds. The van der Waals surface area contributed by atoms with Crippen molar-refractivity contribution in [3.05, 3.63) is 53.1 Å². The molecule has 0 aliphatic carbocycles. The van der Waals surface area contributed by atoms with Crippen LogP contribution in [0.4, 0.5) is 4.39 Å². The Bertz CT molecular complexity index is 514. The highest BCUT2D eigenvalue weighted by atomic mass is 35.5. The van der Waals surface area contributed by atoms with Crippen molar-refractivity contribution < 1.29 is 4.39 Å². The average molecular weight is 237 g/mol. The number of nitrogens with two attached hydrogens (primary N) is 1. The first kappa shape index (κ1) is 11.0. The lowest BCUT2D eigenvalue weighted by Gasteiger charge is -2.05. The van der Waals surface area contributed by atoms with Gasteiger partial charge in [0.25, 0.3) is 0 Å². The van der Waals surface area contributed by atoms with Crippen LogP contribution in [0.15, 0.2) is 36.7 Å². The molecule has 2 nitrogen and oxygen atoms in total.